The fraction of sp³-hybridized carbons (Fsp3) is 0.0800. The van der Waals surface area contributed by atoms with Crippen molar-refractivity contribution in [1.29, 1.82) is 0 Å². The van der Waals surface area contributed by atoms with Gasteiger partial charge in [0.2, 0.25) is 0 Å². The molecule has 0 radical (unpaired) electrons. The number of hydrogen-bond donors (Lipinski definition) is 1. The maximum absolute atomic E-state index is 13.0. The zero-order valence-electron chi connectivity index (χ0n) is 18.4. The predicted octanol–water partition coefficient (Wildman–Crippen LogP) is 5.72. The van der Waals surface area contributed by atoms with E-state index in [1.54, 1.807) is 41.0 Å². The minimum atomic E-state index is -0.442. The molecule has 0 saturated heterocycles. The maximum atomic E-state index is 13.0. The van der Waals surface area contributed by atoms with Gasteiger partial charge in [-0.3, -0.25) is 19.5 Å². The molecular formula is C25H20FN5O3S. The number of thioether (sulfide) groups is 1. The number of nitrogens with zero attached hydrogens (tertiary/aromatic N) is 4. The molecule has 0 atom stereocenters. The van der Waals surface area contributed by atoms with Gasteiger partial charge in [-0.2, -0.15) is 0 Å². The summed E-state index contributed by atoms with van der Waals surface area (Å²) in [7, 11) is 0. The molecule has 0 bridgehead atoms. The van der Waals surface area contributed by atoms with Gasteiger partial charge in [0, 0.05) is 29.6 Å². The van der Waals surface area contributed by atoms with Crippen molar-refractivity contribution in [2.24, 2.45) is 0 Å². The Hall–Kier alpha value is -4.31. The lowest BCUT2D eigenvalue weighted by Gasteiger charge is -2.09. The molecule has 0 fully saturated rings. The van der Waals surface area contributed by atoms with Crippen LogP contribution < -0.4 is 5.32 Å². The second-order valence-corrected chi connectivity index (χ2v) is 8.37. The number of hydrogen-bond acceptors (Lipinski definition) is 6. The zero-order valence-corrected chi connectivity index (χ0v) is 19.2. The second kappa shape index (κ2) is 10.7. The first kappa shape index (κ1) is 23.8. The lowest BCUT2D eigenvalue weighted by atomic mass is 10.1. The number of benzene rings is 3. The van der Waals surface area contributed by atoms with Crippen LogP contribution in [-0.4, -0.2) is 25.6 Å². The molecule has 10 heteroatoms. The van der Waals surface area contributed by atoms with Gasteiger partial charge in [0.25, 0.3) is 11.6 Å². The van der Waals surface area contributed by atoms with Crippen LogP contribution in [0.5, 0.6) is 0 Å². The van der Waals surface area contributed by atoms with E-state index in [1.165, 1.54) is 42.1 Å². The van der Waals surface area contributed by atoms with E-state index in [0.717, 1.165) is 5.56 Å². The van der Waals surface area contributed by atoms with Crippen LogP contribution in [0.25, 0.3) is 11.4 Å². The summed E-state index contributed by atoms with van der Waals surface area (Å²) in [6.45, 7) is 4.16. The third-order valence-corrected chi connectivity index (χ3v) is 6.09. The molecule has 0 aliphatic rings. The molecule has 0 unspecified atom stereocenters. The van der Waals surface area contributed by atoms with Gasteiger partial charge in [-0.05, 0) is 48.0 Å². The maximum Gasteiger partial charge on any atom is 0.280 e. The molecule has 1 heterocycles. The van der Waals surface area contributed by atoms with Crippen molar-refractivity contribution in [2.75, 3.05) is 5.32 Å². The summed E-state index contributed by atoms with van der Waals surface area (Å²) in [4.78, 5) is 23.4. The summed E-state index contributed by atoms with van der Waals surface area (Å²) >= 11 is 1.42. The Morgan fingerprint density at radius 2 is 1.80 bits per heavy atom. The number of nitro groups is 1. The average molecular weight is 490 g/mol. The molecule has 8 nitrogen and oxygen atoms in total. The average Bonchev–Trinajstić information content (AvgIpc) is 3.27. The van der Waals surface area contributed by atoms with Crippen LogP contribution in [0.15, 0.2) is 90.6 Å². The fourth-order valence-corrected chi connectivity index (χ4v) is 4.25. The molecule has 3 aromatic carbocycles. The van der Waals surface area contributed by atoms with Crippen LogP contribution in [0.4, 0.5) is 15.8 Å². The number of carbonyl (C=O) groups excluding carboxylic acids is 1. The van der Waals surface area contributed by atoms with Crippen LogP contribution in [0.3, 0.4) is 0 Å². The summed E-state index contributed by atoms with van der Waals surface area (Å²) in [5.41, 5.74) is 2.27. The van der Waals surface area contributed by atoms with Gasteiger partial charge in [0.05, 0.1) is 10.5 Å². The zero-order chi connectivity index (χ0) is 24.8. The number of nitrogens with one attached hydrogen (secondary N) is 1. The van der Waals surface area contributed by atoms with Crippen LogP contribution in [0.1, 0.15) is 15.9 Å². The van der Waals surface area contributed by atoms with Crippen LogP contribution >= 0.6 is 11.8 Å². The quantitative estimate of drug-likeness (QED) is 0.140. The largest absolute Gasteiger partial charge is 0.322 e. The molecule has 1 N–H and O–H groups in total. The van der Waals surface area contributed by atoms with Gasteiger partial charge in [0.15, 0.2) is 11.0 Å². The highest BCUT2D eigenvalue weighted by atomic mass is 32.2. The number of amides is 1. The highest BCUT2D eigenvalue weighted by Crippen LogP contribution is 2.31. The first-order valence-electron chi connectivity index (χ1n) is 10.5. The monoisotopic (exact) mass is 489 g/mol. The minimum absolute atomic E-state index is 0.0451. The number of rotatable bonds is 9. The van der Waals surface area contributed by atoms with Crippen molar-refractivity contribution in [2.45, 2.75) is 17.5 Å². The van der Waals surface area contributed by atoms with Crippen molar-refractivity contribution >= 4 is 29.0 Å². The fourth-order valence-electron chi connectivity index (χ4n) is 3.35. The van der Waals surface area contributed by atoms with E-state index >= 15 is 0 Å². The summed E-state index contributed by atoms with van der Waals surface area (Å²) < 4.78 is 14.8. The summed E-state index contributed by atoms with van der Waals surface area (Å²) in [5.74, 6) is 0.275. The Balaban J connectivity index is 1.47. The molecular weight excluding hydrogens is 469 g/mol. The van der Waals surface area contributed by atoms with Crippen LogP contribution in [0.2, 0.25) is 0 Å². The molecule has 0 aliphatic heterocycles. The van der Waals surface area contributed by atoms with E-state index in [0.29, 0.717) is 40.1 Å². The standard InChI is InChI=1S/C25H20FN5O3S/c1-2-15-30-23(21-5-3-4-6-22(21)31(33)34)28-29-25(30)35-16-17-7-9-18(10-8-17)24(32)27-20-13-11-19(26)12-14-20/h2-14H,1,15-16H2,(H,27,32). The Labute approximate surface area is 204 Å². The molecule has 0 aliphatic carbocycles. The van der Waals surface area contributed by atoms with Crippen molar-refractivity contribution in [3.63, 3.8) is 0 Å². The Kier molecular flexibility index (Phi) is 7.32. The number of aromatic nitrogens is 3. The lowest BCUT2D eigenvalue weighted by Crippen LogP contribution is -2.11. The molecule has 4 rings (SSSR count). The number of carbonyl (C=O) groups is 1. The van der Waals surface area contributed by atoms with E-state index in [2.05, 4.69) is 22.1 Å². The number of anilines is 1. The molecule has 35 heavy (non-hydrogen) atoms. The Morgan fingerprint density at radius 1 is 1.09 bits per heavy atom. The number of allylic oxidation sites excluding steroid dienone is 1. The Morgan fingerprint density at radius 3 is 2.49 bits per heavy atom. The minimum Gasteiger partial charge on any atom is -0.322 e. The van der Waals surface area contributed by atoms with E-state index < -0.39 is 4.92 Å². The van der Waals surface area contributed by atoms with Crippen molar-refractivity contribution in [3.05, 3.63) is 113 Å². The normalized spacial score (nSPS) is 10.7. The molecule has 1 aromatic heterocycles. The lowest BCUT2D eigenvalue weighted by molar-refractivity contribution is -0.384. The van der Waals surface area contributed by atoms with Gasteiger partial charge in [-0.25, -0.2) is 4.39 Å². The van der Waals surface area contributed by atoms with E-state index in [4.69, 9.17) is 0 Å². The second-order valence-electron chi connectivity index (χ2n) is 7.43. The van der Waals surface area contributed by atoms with Gasteiger partial charge in [-0.15, -0.1) is 16.8 Å². The van der Waals surface area contributed by atoms with Gasteiger partial charge >= 0.3 is 0 Å². The van der Waals surface area contributed by atoms with E-state index in [9.17, 15) is 19.3 Å². The molecule has 0 spiro atoms. The highest BCUT2D eigenvalue weighted by Gasteiger charge is 2.21. The SMILES string of the molecule is C=CCn1c(SCc2ccc(C(=O)Nc3ccc(F)cc3)cc2)nnc1-c1ccccc1[N+](=O)[O-]. The number of nitro benzene ring substituents is 1. The predicted molar refractivity (Wildman–Crippen MR) is 133 cm³/mol. The molecule has 176 valence electrons. The van der Waals surface area contributed by atoms with Crippen molar-refractivity contribution in [1.82, 2.24) is 14.8 Å². The van der Waals surface area contributed by atoms with Crippen LogP contribution in [-0.2, 0) is 12.3 Å². The van der Waals surface area contributed by atoms with Gasteiger partial charge in [-0.1, -0.05) is 42.1 Å². The summed E-state index contributed by atoms with van der Waals surface area (Å²) in [5, 5.41) is 23.2. The first-order valence-corrected chi connectivity index (χ1v) is 11.5. The number of halogens is 1. The van der Waals surface area contributed by atoms with Crippen molar-refractivity contribution < 1.29 is 14.1 Å². The van der Waals surface area contributed by atoms with Crippen molar-refractivity contribution in [3.8, 4) is 11.4 Å². The topological polar surface area (TPSA) is 103 Å². The summed E-state index contributed by atoms with van der Waals surface area (Å²) in [6.07, 6.45) is 1.68. The summed E-state index contributed by atoms with van der Waals surface area (Å²) in [6, 6.07) is 19.0. The Bertz CT molecular complexity index is 1370. The van der Waals surface area contributed by atoms with Crippen LogP contribution in [0, 0.1) is 15.9 Å². The smallest absolute Gasteiger partial charge is 0.280 e. The van der Waals surface area contributed by atoms with Gasteiger partial charge < -0.3 is 5.32 Å². The van der Waals surface area contributed by atoms with E-state index in [-0.39, 0.29) is 17.4 Å². The highest BCUT2D eigenvalue weighted by molar-refractivity contribution is 7.98. The third-order valence-electron chi connectivity index (χ3n) is 5.06. The van der Waals surface area contributed by atoms with Gasteiger partial charge in [0.1, 0.15) is 5.82 Å². The molecule has 1 amide bonds. The first-order chi connectivity index (χ1) is 17.0. The molecule has 4 aromatic rings. The number of para-hydroxylation sites is 1. The third kappa shape index (κ3) is 5.61. The molecule has 0 saturated carbocycles. The van der Waals surface area contributed by atoms with E-state index in [1.807, 2.05) is 12.1 Å².